The monoisotopic (exact) mass is 406 g/mol. The average molecular weight is 406 g/mol. The maximum atomic E-state index is 12.4. The number of carbonyl (C=O) groups excluding carboxylic acids is 2. The zero-order valence-corrected chi connectivity index (χ0v) is 15.1. The number of carboxylic acid groups (broad SMARTS) is 2. The van der Waals surface area contributed by atoms with Crippen LogP contribution in [0.15, 0.2) is 9.81 Å². The maximum Gasteiger partial charge on any atom is 0.305 e. The average Bonchev–Trinajstić information content (AvgIpc) is 2.92. The van der Waals surface area contributed by atoms with Crippen molar-refractivity contribution >= 4 is 80.4 Å². The number of hydrogen-bond donors (Lipinski definition) is 2. The summed E-state index contributed by atoms with van der Waals surface area (Å²) in [7, 11) is 0. The third-order valence-electron chi connectivity index (χ3n) is 3.00. The second kappa shape index (κ2) is 7.59. The van der Waals surface area contributed by atoms with Crippen molar-refractivity contribution in [3.8, 4) is 0 Å². The number of amides is 2. The van der Waals surface area contributed by atoms with E-state index in [1.54, 1.807) is 0 Å². The van der Waals surface area contributed by atoms with Gasteiger partial charge in [0.05, 0.1) is 22.7 Å². The molecule has 2 aliphatic rings. The van der Waals surface area contributed by atoms with Gasteiger partial charge < -0.3 is 10.2 Å². The summed E-state index contributed by atoms with van der Waals surface area (Å²) in [5.41, 5.74) is 0. The van der Waals surface area contributed by atoms with Crippen molar-refractivity contribution in [2.75, 3.05) is 13.1 Å². The van der Waals surface area contributed by atoms with Crippen LogP contribution in [0.5, 0.6) is 0 Å². The van der Waals surface area contributed by atoms with Gasteiger partial charge in [0, 0.05) is 13.1 Å². The molecule has 2 saturated heterocycles. The molecule has 2 amide bonds. The van der Waals surface area contributed by atoms with Gasteiger partial charge in [0.2, 0.25) is 0 Å². The fourth-order valence-electron chi connectivity index (χ4n) is 1.87. The molecule has 2 N–H and O–H groups in total. The summed E-state index contributed by atoms with van der Waals surface area (Å²) in [5, 5.41) is 17.4. The molecule has 2 heterocycles. The summed E-state index contributed by atoms with van der Waals surface area (Å²) in [5.74, 6) is -3.21. The molecule has 0 radical (unpaired) electrons. The maximum absolute atomic E-state index is 12.4. The Hall–Kier alpha value is -1.50. The topological polar surface area (TPSA) is 115 Å². The molecule has 0 aliphatic carbocycles. The molecule has 2 aliphatic heterocycles. The zero-order chi connectivity index (χ0) is 18.0. The summed E-state index contributed by atoms with van der Waals surface area (Å²) in [6.07, 6.45) is -0.529. The predicted molar refractivity (Wildman–Crippen MR) is 95.3 cm³/mol. The van der Waals surface area contributed by atoms with E-state index in [0.717, 1.165) is 33.3 Å². The van der Waals surface area contributed by atoms with Gasteiger partial charge in [0.15, 0.2) is 0 Å². The van der Waals surface area contributed by atoms with E-state index in [-0.39, 0.29) is 44.4 Å². The van der Waals surface area contributed by atoms with Crippen LogP contribution in [0.1, 0.15) is 12.8 Å². The Morgan fingerprint density at radius 1 is 0.833 bits per heavy atom. The molecular weight excluding hydrogens is 396 g/mol. The third-order valence-corrected chi connectivity index (χ3v) is 6.03. The summed E-state index contributed by atoms with van der Waals surface area (Å²) >= 11 is 11.9. The third kappa shape index (κ3) is 3.94. The highest BCUT2D eigenvalue weighted by Gasteiger charge is 2.41. The van der Waals surface area contributed by atoms with Gasteiger partial charge in [0.25, 0.3) is 11.8 Å². The van der Waals surface area contributed by atoms with Gasteiger partial charge in [-0.15, -0.1) is 0 Å². The van der Waals surface area contributed by atoms with E-state index < -0.39 is 23.8 Å². The van der Waals surface area contributed by atoms with Gasteiger partial charge in [0.1, 0.15) is 8.64 Å². The molecule has 0 saturated carbocycles. The standard InChI is InChI=1S/C12H10N2O6S4/c15-5(16)1-3-13-9(19)7(23-11(13)21)8-10(20)14(12(22)24-8)4-2-6(17)18/h1-4H2,(H,15,16)(H,17,18)/b8-7+. The predicted octanol–water partition coefficient (Wildman–Crippen LogP) is 0.868. The first-order valence-electron chi connectivity index (χ1n) is 6.47. The number of aliphatic carboxylic acids is 2. The molecule has 0 unspecified atom stereocenters. The number of rotatable bonds is 6. The molecule has 2 rings (SSSR count). The largest absolute Gasteiger partial charge is 0.481 e. The van der Waals surface area contributed by atoms with Crippen LogP contribution in [-0.2, 0) is 19.2 Å². The second-order valence-electron chi connectivity index (χ2n) is 4.60. The van der Waals surface area contributed by atoms with Crippen LogP contribution in [0.25, 0.3) is 0 Å². The minimum absolute atomic E-state index is 0.0805. The molecule has 0 aromatic carbocycles. The number of thioether (sulfide) groups is 2. The normalized spacial score (nSPS) is 21.2. The van der Waals surface area contributed by atoms with Crippen molar-refractivity contribution in [3.05, 3.63) is 9.81 Å². The van der Waals surface area contributed by atoms with Gasteiger partial charge in [-0.1, -0.05) is 48.0 Å². The Morgan fingerprint density at radius 2 is 1.17 bits per heavy atom. The minimum Gasteiger partial charge on any atom is -0.481 e. The number of hydrogen-bond acceptors (Lipinski definition) is 8. The Kier molecular flexibility index (Phi) is 5.96. The van der Waals surface area contributed by atoms with Crippen LogP contribution in [0.4, 0.5) is 0 Å². The lowest BCUT2D eigenvalue weighted by Gasteiger charge is -2.13. The fourth-order valence-corrected chi connectivity index (χ4v) is 4.64. The Morgan fingerprint density at radius 3 is 1.46 bits per heavy atom. The van der Waals surface area contributed by atoms with Crippen molar-refractivity contribution in [2.24, 2.45) is 0 Å². The van der Waals surface area contributed by atoms with Crippen LogP contribution in [0.2, 0.25) is 0 Å². The SMILES string of the molecule is O=C(O)CCN1C(=O)/C(=C2\SC(=S)N(CCC(=O)O)C2=O)SC1=S. The van der Waals surface area contributed by atoms with Crippen LogP contribution in [0.3, 0.4) is 0 Å². The van der Waals surface area contributed by atoms with E-state index in [4.69, 9.17) is 34.6 Å². The van der Waals surface area contributed by atoms with E-state index >= 15 is 0 Å². The number of carbonyl (C=O) groups is 4. The van der Waals surface area contributed by atoms with Crippen molar-refractivity contribution in [1.82, 2.24) is 9.80 Å². The van der Waals surface area contributed by atoms with Crippen LogP contribution >= 0.6 is 48.0 Å². The molecule has 0 aromatic rings. The molecule has 0 atom stereocenters. The highest BCUT2D eigenvalue weighted by atomic mass is 32.2. The molecule has 0 bridgehead atoms. The van der Waals surface area contributed by atoms with E-state index in [0.29, 0.717) is 0 Å². The molecule has 128 valence electrons. The van der Waals surface area contributed by atoms with E-state index in [1.165, 1.54) is 0 Å². The van der Waals surface area contributed by atoms with Crippen molar-refractivity contribution in [1.29, 1.82) is 0 Å². The minimum atomic E-state index is -1.07. The molecule has 12 heteroatoms. The first kappa shape index (κ1) is 18.8. The Labute approximate surface area is 155 Å². The number of thiocarbonyl (C=S) groups is 2. The molecule has 2 fully saturated rings. The van der Waals surface area contributed by atoms with E-state index in [1.807, 2.05) is 0 Å². The van der Waals surface area contributed by atoms with Gasteiger partial charge in [-0.2, -0.15) is 0 Å². The van der Waals surface area contributed by atoms with Crippen LogP contribution in [0, 0.1) is 0 Å². The lowest BCUT2D eigenvalue weighted by molar-refractivity contribution is -0.138. The first-order valence-corrected chi connectivity index (χ1v) is 8.92. The summed E-state index contributed by atoms with van der Waals surface area (Å²) in [4.78, 5) is 48.5. The fraction of sp³-hybridized carbons (Fsp3) is 0.333. The highest BCUT2D eigenvalue weighted by molar-refractivity contribution is 8.29. The lowest BCUT2D eigenvalue weighted by atomic mass is 10.3. The van der Waals surface area contributed by atoms with Gasteiger partial charge in [-0.3, -0.25) is 29.0 Å². The van der Waals surface area contributed by atoms with Gasteiger partial charge >= 0.3 is 11.9 Å². The number of nitrogens with zero attached hydrogens (tertiary/aromatic N) is 2. The Balaban J connectivity index is 2.20. The molecule has 8 nitrogen and oxygen atoms in total. The molecule has 0 aromatic heterocycles. The molecular formula is C12H10N2O6S4. The van der Waals surface area contributed by atoms with Crippen molar-refractivity contribution < 1.29 is 29.4 Å². The smallest absolute Gasteiger partial charge is 0.305 e. The number of carboxylic acids is 2. The van der Waals surface area contributed by atoms with Crippen molar-refractivity contribution in [2.45, 2.75) is 12.8 Å². The summed E-state index contributed by atoms with van der Waals surface area (Å²) in [6, 6.07) is 0. The molecule has 0 spiro atoms. The van der Waals surface area contributed by atoms with E-state index in [2.05, 4.69) is 0 Å². The zero-order valence-electron chi connectivity index (χ0n) is 11.9. The second-order valence-corrected chi connectivity index (χ2v) is 7.88. The van der Waals surface area contributed by atoms with Gasteiger partial charge in [-0.05, 0) is 0 Å². The first-order chi connectivity index (χ1) is 11.2. The van der Waals surface area contributed by atoms with Gasteiger partial charge in [-0.25, -0.2) is 0 Å². The Bertz CT molecular complexity index is 646. The highest BCUT2D eigenvalue weighted by Crippen LogP contribution is 2.42. The van der Waals surface area contributed by atoms with Crippen LogP contribution in [-0.4, -0.2) is 65.5 Å². The lowest BCUT2D eigenvalue weighted by Crippen LogP contribution is -2.32. The van der Waals surface area contributed by atoms with Crippen LogP contribution < -0.4 is 0 Å². The summed E-state index contributed by atoms with van der Waals surface area (Å²) in [6.45, 7) is -0.161. The summed E-state index contributed by atoms with van der Waals surface area (Å²) < 4.78 is 0.346. The quantitative estimate of drug-likeness (QED) is 0.486. The molecule has 24 heavy (non-hydrogen) atoms. The van der Waals surface area contributed by atoms with E-state index in [9.17, 15) is 19.2 Å². The van der Waals surface area contributed by atoms with Crippen molar-refractivity contribution in [3.63, 3.8) is 0 Å².